The molecule has 3 N–H and O–H groups in total. The molecular weight excluding hydrogens is 242 g/mol. The Morgan fingerprint density at radius 2 is 2.16 bits per heavy atom. The van der Waals surface area contributed by atoms with Gasteiger partial charge in [0.1, 0.15) is 11.8 Å². The van der Waals surface area contributed by atoms with E-state index in [1.54, 1.807) is 24.3 Å². The summed E-state index contributed by atoms with van der Waals surface area (Å²) in [6.45, 7) is 1.95. The number of hydrogen-bond acceptors (Lipinski definition) is 4. The number of nitriles is 1. The lowest BCUT2D eigenvalue weighted by atomic mass is 10.1. The Kier molecular flexibility index (Phi) is 6.41. The lowest BCUT2D eigenvalue weighted by molar-refractivity contribution is -0.116. The number of nitrogens with zero attached hydrogens (tertiary/aromatic N) is 1. The molecule has 0 saturated carbocycles. The van der Waals surface area contributed by atoms with Gasteiger partial charge in [-0.3, -0.25) is 4.79 Å². The second-order valence-electron chi connectivity index (χ2n) is 4.39. The van der Waals surface area contributed by atoms with Crippen LogP contribution in [0.2, 0.25) is 0 Å². The lowest BCUT2D eigenvalue weighted by Gasteiger charge is -2.07. The van der Waals surface area contributed by atoms with Crippen LogP contribution in [-0.4, -0.2) is 18.6 Å². The maximum atomic E-state index is 11.6. The molecule has 0 radical (unpaired) electrons. The zero-order valence-electron chi connectivity index (χ0n) is 11.1. The van der Waals surface area contributed by atoms with E-state index in [2.05, 4.69) is 5.32 Å². The number of ether oxygens (including phenoxy) is 1. The van der Waals surface area contributed by atoms with E-state index < -0.39 is 0 Å². The monoisotopic (exact) mass is 261 g/mol. The van der Waals surface area contributed by atoms with Crippen molar-refractivity contribution in [2.24, 2.45) is 5.73 Å². The van der Waals surface area contributed by atoms with E-state index >= 15 is 0 Å². The second kappa shape index (κ2) is 8.11. The van der Waals surface area contributed by atoms with Crippen molar-refractivity contribution in [3.05, 3.63) is 24.3 Å². The smallest absolute Gasteiger partial charge is 0.224 e. The van der Waals surface area contributed by atoms with Gasteiger partial charge in [0.2, 0.25) is 5.91 Å². The van der Waals surface area contributed by atoms with Gasteiger partial charge in [-0.05, 0) is 44.0 Å². The van der Waals surface area contributed by atoms with Gasteiger partial charge in [-0.15, -0.1) is 0 Å². The Morgan fingerprint density at radius 1 is 1.47 bits per heavy atom. The fraction of sp³-hybridized carbons (Fsp3) is 0.429. The summed E-state index contributed by atoms with van der Waals surface area (Å²) >= 11 is 0. The number of benzene rings is 1. The van der Waals surface area contributed by atoms with Crippen LogP contribution in [-0.2, 0) is 4.79 Å². The largest absolute Gasteiger partial charge is 0.479 e. The van der Waals surface area contributed by atoms with E-state index in [1.807, 2.05) is 13.0 Å². The third-order valence-electron chi connectivity index (χ3n) is 2.50. The molecule has 5 heteroatoms. The first-order valence-corrected chi connectivity index (χ1v) is 6.27. The van der Waals surface area contributed by atoms with E-state index in [4.69, 9.17) is 15.7 Å². The van der Waals surface area contributed by atoms with Crippen molar-refractivity contribution in [3.8, 4) is 11.8 Å². The number of carbonyl (C=O) groups excluding carboxylic acids is 1. The highest BCUT2D eigenvalue weighted by Gasteiger charge is 2.03. The Balaban J connectivity index is 2.36. The maximum absolute atomic E-state index is 11.6. The van der Waals surface area contributed by atoms with E-state index in [9.17, 15) is 4.79 Å². The molecule has 1 aromatic rings. The molecule has 0 aliphatic heterocycles. The quantitative estimate of drug-likeness (QED) is 0.786. The minimum atomic E-state index is -0.0219. The van der Waals surface area contributed by atoms with Gasteiger partial charge in [-0.1, -0.05) is 0 Å². The van der Waals surface area contributed by atoms with Crippen LogP contribution in [0.5, 0.6) is 5.75 Å². The van der Waals surface area contributed by atoms with Crippen LogP contribution < -0.4 is 15.8 Å². The molecule has 1 rings (SSSR count). The number of amides is 1. The molecule has 0 fully saturated rings. The van der Waals surface area contributed by atoms with E-state index in [-0.39, 0.29) is 18.6 Å². The average molecular weight is 261 g/mol. The van der Waals surface area contributed by atoms with Gasteiger partial charge in [0.25, 0.3) is 0 Å². The van der Waals surface area contributed by atoms with Crippen molar-refractivity contribution >= 4 is 11.6 Å². The molecule has 1 atom stereocenters. The number of rotatable bonds is 7. The van der Waals surface area contributed by atoms with Crippen molar-refractivity contribution in [3.63, 3.8) is 0 Å². The predicted molar refractivity (Wildman–Crippen MR) is 73.7 cm³/mol. The summed E-state index contributed by atoms with van der Waals surface area (Å²) in [6, 6.07) is 8.95. The number of carbonyl (C=O) groups is 1. The summed E-state index contributed by atoms with van der Waals surface area (Å²) in [5.41, 5.74) is 6.34. The summed E-state index contributed by atoms with van der Waals surface area (Å²) in [5.74, 6) is 0.586. The number of anilines is 1. The zero-order valence-corrected chi connectivity index (χ0v) is 11.1. The fourth-order valence-electron chi connectivity index (χ4n) is 1.56. The second-order valence-corrected chi connectivity index (χ2v) is 4.39. The van der Waals surface area contributed by atoms with Gasteiger partial charge in [-0.25, -0.2) is 0 Å². The predicted octanol–water partition coefficient (Wildman–Crippen LogP) is 2.04. The van der Waals surface area contributed by atoms with Crippen molar-refractivity contribution in [1.82, 2.24) is 0 Å². The first-order chi connectivity index (χ1) is 9.11. The highest BCUT2D eigenvalue weighted by atomic mass is 16.5. The first kappa shape index (κ1) is 15.0. The Bertz CT molecular complexity index is 435. The van der Waals surface area contributed by atoms with Crippen molar-refractivity contribution in [1.29, 1.82) is 5.26 Å². The molecule has 0 spiro atoms. The third-order valence-corrected chi connectivity index (χ3v) is 2.50. The van der Waals surface area contributed by atoms with E-state index in [0.29, 0.717) is 12.2 Å². The summed E-state index contributed by atoms with van der Waals surface area (Å²) in [4.78, 5) is 11.6. The maximum Gasteiger partial charge on any atom is 0.224 e. The highest BCUT2D eigenvalue weighted by Crippen LogP contribution is 2.16. The Hall–Kier alpha value is -2.06. The number of nitrogens with two attached hydrogens (primary N) is 1. The topological polar surface area (TPSA) is 88.1 Å². The van der Waals surface area contributed by atoms with Crippen molar-refractivity contribution in [2.45, 2.75) is 32.2 Å². The van der Waals surface area contributed by atoms with Crippen molar-refractivity contribution < 1.29 is 9.53 Å². The summed E-state index contributed by atoms with van der Waals surface area (Å²) in [6.07, 6.45) is 2.09. The van der Waals surface area contributed by atoms with Gasteiger partial charge in [0.15, 0.2) is 6.61 Å². The van der Waals surface area contributed by atoms with Crippen LogP contribution in [0, 0.1) is 11.3 Å². The normalized spacial score (nSPS) is 11.4. The molecular formula is C14H19N3O2. The summed E-state index contributed by atoms with van der Waals surface area (Å²) in [7, 11) is 0. The molecule has 1 unspecified atom stereocenters. The molecule has 0 heterocycles. The highest BCUT2D eigenvalue weighted by molar-refractivity contribution is 5.90. The minimum absolute atomic E-state index is 0.0168. The molecule has 0 saturated heterocycles. The van der Waals surface area contributed by atoms with Gasteiger partial charge < -0.3 is 15.8 Å². The Morgan fingerprint density at radius 3 is 2.74 bits per heavy atom. The van der Waals surface area contributed by atoms with Gasteiger partial charge >= 0.3 is 0 Å². The number of nitrogens with one attached hydrogen (secondary N) is 1. The van der Waals surface area contributed by atoms with Crippen LogP contribution in [0.25, 0.3) is 0 Å². The standard InChI is InChI=1S/C14H19N3O2/c1-11(16)3-2-4-14(18)17-12-5-7-13(8-6-12)19-10-9-15/h5-8,11H,2-4,10,16H2,1H3,(H,17,18). The summed E-state index contributed by atoms with van der Waals surface area (Å²) < 4.78 is 5.12. The molecule has 19 heavy (non-hydrogen) atoms. The minimum Gasteiger partial charge on any atom is -0.479 e. The van der Waals surface area contributed by atoms with E-state index in [0.717, 1.165) is 18.5 Å². The molecule has 0 bridgehead atoms. The molecule has 0 aromatic heterocycles. The van der Waals surface area contributed by atoms with Crippen LogP contribution >= 0.6 is 0 Å². The summed E-state index contributed by atoms with van der Waals surface area (Å²) in [5, 5.41) is 11.2. The van der Waals surface area contributed by atoms with Crippen LogP contribution in [0.3, 0.4) is 0 Å². The molecule has 1 aromatic carbocycles. The zero-order chi connectivity index (χ0) is 14.1. The van der Waals surface area contributed by atoms with Crippen LogP contribution in [0.15, 0.2) is 24.3 Å². The van der Waals surface area contributed by atoms with E-state index in [1.165, 1.54) is 0 Å². The molecule has 5 nitrogen and oxygen atoms in total. The van der Waals surface area contributed by atoms with Crippen molar-refractivity contribution in [2.75, 3.05) is 11.9 Å². The molecule has 0 aliphatic rings. The van der Waals surface area contributed by atoms with Crippen LogP contribution in [0.1, 0.15) is 26.2 Å². The van der Waals surface area contributed by atoms with Gasteiger partial charge in [0, 0.05) is 18.2 Å². The third kappa shape index (κ3) is 6.43. The number of hydrogen-bond donors (Lipinski definition) is 2. The lowest BCUT2D eigenvalue weighted by Crippen LogP contribution is -2.16. The molecule has 1 amide bonds. The fourth-order valence-corrected chi connectivity index (χ4v) is 1.56. The van der Waals surface area contributed by atoms with Gasteiger partial charge in [-0.2, -0.15) is 5.26 Å². The van der Waals surface area contributed by atoms with Crippen LogP contribution in [0.4, 0.5) is 5.69 Å². The Labute approximate surface area is 113 Å². The first-order valence-electron chi connectivity index (χ1n) is 6.27. The average Bonchev–Trinajstić information content (AvgIpc) is 2.37. The molecule has 0 aliphatic carbocycles. The molecule has 102 valence electrons. The van der Waals surface area contributed by atoms with Gasteiger partial charge in [0.05, 0.1) is 0 Å². The SMILES string of the molecule is CC(N)CCCC(=O)Nc1ccc(OCC#N)cc1.